The van der Waals surface area contributed by atoms with Crippen LogP contribution in [0.1, 0.15) is 11.5 Å². The van der Waals surface area contributed by atoms with Gasteiger partial charge in [-0.3, -0.25) is 4.79 Å². The minimum absolute atomic E-state index is 0.0763. The van der Waals surface area contributed by atoms with Gasteiger partial charge in [0.15, 0.2) is 11.5 Å². The Morgan fingerprint density at radius 2 is 1.67 bits per heavy atom. The van der Waals surface area contributed by atoms with Gasteiger partial charge in [-0.25, -0.2) is 4.98 Å². The molecule has 2 heterocycles. The van der Waals surface area contributed by atoms with E-state index in [0.717, 1.165) is 22.7 Å². The summed E-state index contributed by atoms with van der Waals surface area (Å²) in [5.74, 6) is 1.81. The van der Waals surface area contributed by atoms with Crippen molar-refractivity contribution in [3.8, 4) is 28.4 Å². The van der Waals surface area contributed by atoms with E-state index < -0.39 is 8.07 Å². The zero-order valence-corrected chi connectivity index (χ0v) is 19.5. The highest BCUT2D eigenvalue weighted by atomic mass is 28.3. The maximum absolute atomic E-state index is 12.5. The van der Waals surface area contributed by atoms with Gasteiger partial charge in [0.25, 0.3) is 0 Å². The second-order valence-electron chi connectivity index (χ2n) is 8.50. The normalized spacial score (nSPS) is 15.5. The average Bonchev–Trinajstić information content (AvgIpc) is 3.03. The number of hydrogen-bond donors (Lipinski definition) is 1. The van der Waals surface area contributed by atoms with Crippen LogP contribution in [-0.2, 0) is 9.53 Å². The van der Waals surface area contributed by atoms with Crippen LogP contribution >= 0.6 is 0 Å². The van der Waals surface area contributed by atoms with Gasteiger partial charge in [0.2, 0.25) is 11.7 Å². The number of aromatic nitrogens is 1. The third-order valence-corrected chi connectivity index (χ3v) is 6.83. The summed E-state index contributed by atoms with van der Waals surface area (Å²) >= 11 is 0. The molecule has 0 bridgehead atoms. The molecule has 162 valence electrons. The van der Waals surface area contributed by atoms with Gasteiger partial charge in [0.05, 0.1) is 33.9 Å². The van der Waals surface area contributed by atoms with Crippen LogP contribution in [0, 0.1) is 0 Å². The Morgan fingerprint density at radius 1 is 1.00 bits per heavy atom. The first-order valence-electron chi connectivity index (χ1n) is 9.96. The zero-order valence-electron chi connectivity index (χ0n) is 18.5. The van der Waals surface area contributed by atoms with Gasteiger partial charge in [0, 0.05) is 32.0 Å². The zero-order chi connectivity index (χ0) is 21.9. The molecular formula is C22H30N2O5Si. The molecule has 1 amide bonds. The average molecular weight is 431 g/mol. The van der Waals surface area contributed by atoms with E-state index in [4.69, 9.17) is 18.9 Å². The summed E-state index contributed by atoms with van der Waals surface area (Å²) in [7, 11) is 3.56. The molecule has 0 spiro atoms. The third kappa shape index (κ3) is 4.76. The number of carbonyl (C=O) groups is 1. The Hall–Kier alpha value is -2.58. The highest BCUT2D eigenvalue weighted by Gasteiger charge is 2.32. The van der Waals surface area contributed by atoms with Crippen molar-refractivity contribution in [3.63, 3.8) is 0 Å². The minimum atomic E-state index is -1.17. The molecule has 0 saturated heterocycles. The molecule has 1 aromatic carbocycles. The lowest BCUT2D eigenvalue weighted by molar-refractivity contribution is -0.118. The summed E-state index contributed by atoms with van der Waals surface area (Å²) in [4.78, 5) is 16.9. The van der Waals surface area contributed by atoms with Gasteiger partial charge >= 0.3 is 0 Å². The molecule has 1 N–H and O–H groups in total. The van der Waals surface area contributed by atoms with E-state index in [0.29, 0.717) is 36.3 Å². The Kier molecular flexibility index (Phi) is 6.67. The van der Waals surface area contributed by atoms with E-state index >= 15 is 0 Å². The van der Waals surface area contributed by atoms with E-state index in [-0.39, 0.29) is 11.8 Å². The third-order valence-electron chi connectivity index (χ3n) is 5.13. The molecule has 1 atom stereocenters. The molecule has 0 saturated carbocycles. The SMILES string of the molecule is COc1cc(-c2cnc3c(c2)C(COCC[Si](C)(C)C)C(=O)N3)cc(OC)c1OC. The molecular weight excluding hydrogens is 400 g/mol. The van der Waals surface area contributed by atoms with Crippen LogP contribution in [0.3, 0.4) is 0 Å². The fraction of sp³-hybridized carbons (Fsp3) is 0.455. The van der Waals surface area contributed by atoms with Crippen molar-refractivity contribution in [2.45, 2.75) is 31.6 Å². The second-order valence-corrected chi connectivity index (χ2v) is 14.1. The molecule has 1 aromatic heterocycles. The van der Waals surface area contributed by atoms with E-state index in [1.54, 1.807) is 27.5 Å². The summed E-state index contributed by atoms with van der Waals surface area (Å²) in [6.07, 6.45) is 1.73. The molecule has 1 aliphatic heterocycles. The van der Waals surface area contributed by atoms with Crippen molar-refractivity contribution < 1.29 is 23.7 Å². The van der Waals surface area contributed by atoms with E-state index in [9.17, 15) is 4.79 Å². The van der Waals surface area contributed by atoms with E-state index in [2.05, 4.69) is 29.9 Å². The second kappa shape index (κ2) is 9.05. The largest absolute Gasteiger partial charge is 0.493 e. The number of amides is 1. The van der Waals surface area contributed by atoms with Crippen LogP contribution in [0.2, 0.25) is 25.7 Å². The van der Waals surface area contributed by atoms with Gasteiger partial charge in [-0.05, 0) is 29.8 Å². The first-order chi connectivity index (χ1) is 14.3. The number of hydrogen-bond acceptors (Lipinski definition) is 6. The van der Waals surface area contributed by atoms with Crippen molar-refractivity contribution in [1.82, 2.24) is 4.98 Å². The smallest absolute Gasteiger partial charge is 0.235 e. The van der Waals surface area contributed by atoms with E-state index in [1.165, 1.54) is 0 Å². The summed E-state index contributed by atoms with van der Waals surface area (Å²) in [6, 6.07) is 6.79. The molecule has 8 heteroatoms. The van der Waals surface area contributed by atoms with Crippen molar-refractivity contribution in [2.24, 2.45) is 0 Å². The van der Waals surface area contributed by atoms with Crippen LogP contribution in [0.15, 0.2) is 24.4 Å². The predicted octanol–water partition coefficient (Wildman–Crippen LogP) is 4.16. The number of nitrogens with one attached hydrogen (secondary N) is 1. The number of nitrogens with zero attached hydrogens (tertiary/aromatic N) is 1. The molecule has 0 fully saturated rings. The van der Waals surface area contributed by atoms with E-state index in [1.807, 2.05) is 18.2 Å². The van der Waals surface area contributed by atoms with Crippen LogP contribution in [0.5, 0.6) is 17.2 Å². The van der Waals surface area contributed by atoms with Gasteiger partial charge < -0.3 is 24.3 Å². The molecule has 1 aliphatic rings. The molecule has 3 rings (SSSR count). The van der Waals surface area contributed by atoms with Gasteiger partial charge in [-0.2, -0.15) is 0 Å². The molecule has 7 nitrogen and oxygen atoms in total. The predicted molar refractivity (Wildman–Crippen MR) is 120 cm³/mol. The summed E-state index contributed by atoms with van der Waals surface area (Å²) in [6.45, 7) is 7.95. The van der Waals surface area contributed by atoms with Crippen LogP contribution in [0.25, 0.3) is 11.1 Å². The first-order valence-corrected chi connectivity index (χ1v) is 13.7. The molecule has 2 aromatic rings. The Balaban J connectivity index is 1.87. The van der Waals surface area contributed by atoms with Crippen LogP contribution in [0.4, 0.5) is 5.82 Å². The molecule has 1 unspecified atom stereocenters. The quantitative estimate of drug-likeness (QED) is 0.475. The summed E-state index contributed by atoms with van der Waals surface area (Å²) in [5, 5.41) is 2.86. The summed E-state index contributed by atoms with van der Waals surface area (Å²) < 4.78 is 22.2. The fourth-order valence-corrected chi connectivity index (χ4v) is 4.10. The maximum atomic E-state index is 12.5. The number of rotatable bonds is 9. The molecule has 0 aliphatic carbocycles. The minimum Gasteiger partial charge on any atom is -0.493 e. The number of benzene rings is 1. The van der Waals surface area contributed by atoms with Gasteiger partial charge in [-0.1, -0.05) is 19.6 Å². The number of pyridine rings is 1. The number of anilines is 1. The van der Waals surface area contributed by atoms with Crippen LogP contribution < -0.4 is 19.5 Å². The Labute approximate surface area is 178 Å². The lowest BCUT2D eigenvalue weighted by Gasteiger charge is -2.17. The Morgan fingerprint density at radius 3 is 2.23 bits per heavy atom. The number of ether oxygens (including phenoxy) is 4. The number of methoxy groups -OCH3 is 3. The van der Waals surface area contributed by atoms with Crippen LogP contribution in [-0.4, -0.2) is 53.5 Å². The highest BCUT2D eigenvalue weighted by Crippen LogP contribution is 2.42. The first kappa shape index (κ1) is 22.1. The highest BCUT2D eigenvalue weighted by molar-refractivity contribution is 6.76. The number of carbonyl (C=O) groups excluding carboxylic acids is 1. The monoisotopic (exact) mass is 430 g/mol. The van der Waals surface area contributed by atoms with Gasteiger partial charge in [0.1, 0.15) is 5.82 Å². The maximum Gasteiger partial charge on any atom is 0.235 e. The van der Waals surface area contributed by atoms with Crippen molar-refractivity contribution in [1.29, 1.82) is 0 Å². The number of fused-ring (bicyclic) bond motifs is 1. The van der Waals surface area contributed by atoms with Gasteiger partial charge in [-0.15, -0.1) is 0 Å². The molecule has 0 radical (unpaired) electrons. The fourth-order valence-electron chi connectivity index (χ4n) is 3.35. The Bertz CT molecular complexity index is 901. The standard InChI is InChI=1S/C22H30N2O5Si/c1-26-18-10-14(11-19(27-2)20(18)28-3)15-9-16-17(13-29-7-8-30(4,5)6)22(25)24-21(16)23-12-15/h9-12,17H,7-8,13H2,1-6H3,(H,23,24,25). The lowest BCUT2D eigenvalue weighted by Crippen LogP contribution is -2.23. The molecule has 30 heavy (non-hydrogen) atoms. The topological polar surface area (TPSA) is 78.9 Å². The van der Waals surface area contributed by atoms with Crippen molar-refractivity contribution in [3.05, 3.63) is 30.0 Å². The lowest BCUT2D eigenvalue weighted by atomic mass is 9.98. The van der Waals surface area contributed by atoms with Crippen molar-refractivity contribution >= 4 is 19.8 Å². The van der Waals surface area contributed by atoms with Crippen molar-refractivity contribution in [2.75, 3.05) is 39.9 Å². The summed E-state index contributed by atoms with van der Waals surface area (Å²) in [5.41, 5.74) is 2.56.